The number of hydrogen-bond donors (Lipinski definition) is 2. The highest BCUT2D eigenvalue weighted by Gasteiger charge is 2.40. The van der Waals surface area contributed by atoms with Gasteiger partial charge >= 0.3 is 5.97 Å². The van der Waals surface area contributed by atoms with Gasteiger partial charge in [0.2, 0.25) is 11.8 Å². The van der Waals surface area contributed by atoms with E-state index in [1.54, 1.807) is 6.07 Å². The van der Waals surface area contributed by atoms with Gasteiger partial charge in [-0.2, -0.15) is 5.10 Å². The van der Waals surface area contributed by atoms with Crippen molar-refractivity contribution in [3.05, 3.63) is 69.8 Å². The molecule has 3 N–H and O–H groups in total. The third kappa shape index (κ3) is 5.11. The van der Waals surface area contributed by atoms with Crippen molar-refractivity contribution in [3.8, 4) is 0 Å². The number of non-ortho nitro benzene ring substituents is 1. The number of benzene rings is 2. The molecule has 1 saturated heterocycles. The predicted molar refractivity (Wildman–Crippen MR) is 114 cm³/mol. The van der Waals surface area contributed by atoms with Gasteiger partial charge in [0, 0.05) is 24.1 Å². The van der Waals surface area contributed by atoms with E-state index >= 15 is 0 Å². The van der Waals surface area contributed by atoms with Crippen LogP contribution >= 0.6 is 11.8 Å². The lowest BCUT2D eigenvalue weighted by Gasteiger charge is -2.15. The molecule has 1 fully saturated rings. The fourth-order valence-electron chi connectivity index (χ4n) is 2.79. The maximum absolute atomic E-state index is 12.7. The van der Waals surface area contributed by atoms with Crippen molar-refractivity contribution in [2.24, 2.45) is 15.9 Å². The molecule has 0 aromatic heterocycles. The van der Waals surface area contributed by atoms with Crippen LogP contribution in [0.25, 0.3) is 0 Å². The van der Waals surface area contributed by atoms with Gasteiger partial charge < -0.3 is 10.8 Å². The van der Waals surface area contributed by atoms with Crippen molar-refractivity contribution in [2.45, 2.75) is 11.7 Å². The number of imide groups is 1. The van der Waals surface area contributed by atoms with E-state index in [1.807, 2.05) is 0 Å². The van der Waals surface area contributed by atoms with Gasteiger partial charge in [-0.3, -0.25) is 19.7 Å². The molecule has 12 heteroatoms. The lowest BCUT2D eigenvalue weighted by molar-refractivity contribution is -0.384. The van der Waals surface area contributed by atoms with Gasteiger partial charge in [0.15, 0.2) is 5.17 Å². The summed E-state index contributed by atoms with van der Waals surface area (Å²) in [6.45, 7) is 0. The van der Waals surface area contributed by atoms with Crippen LogP contribution in [0, 0.1) is 10.1 Å². The highest BCUT2D eigenvalue weighted by molar-refractivity contribution is 8.14. The van der Waals surface area contributed by atoms with Crippen LogP contribution in [-0.4, -0.2) is 44.4 Å². The zero-order chi connectivity index (χ0) is 22.5. The Balaban J connectivity index is 1.69. The SMILES string of the molecule is NC(=N/N=C\c1cccc([N+](=O)[O-])c1)S[C@H]1CC(=O)N(c2cccc(C(=O)O)c2)C1=O. The summed E-state index contributed by atoms with van der Waals surface area (Å²) in [5, 5.41) is 26.5. The lowest BCUT2D eigenvalue weighted by atomic mass is 10.2. The average molecular weight is 441 g/mol. The van der Waals surface area contributed by atoms with Gasteiger partial charge in [0.25, 0.3) is 5.69 Å². The monoisotopic (exact) mass is 441 g/mol. The Kier molecular flexibility index (Phi) is 6.40. The molecule has 0 bridgehead atoms. The van der Waals surface area contributed by atoms with E-state index in [-0.39, 0.29) is 28.5 Å². The molecule has 0 aliphatic carbocycles. The second kappa shape index (κ2) is 9.17. The van der Waals surface area contributed by atoms with Crippen molar-refractivity contribution in [3.63, 3.8) is 0 Å². The Bertz CT molecular complexity index is 1130. The van der Waals surface area contributed by atoms with Crippen molar-refractivity contribution < 1.29 is 24.4 Å². The van der Waals surface area contributed by atoms with E-state index in [2.05, 4.69) is 10.2 Å². The molecule has 1 heterocycles. The molecule has 11 nitrogen and oxygen atoms in total. The van der Waals surface area contributed by atoms with Gasteiger partial charge in [-0.1, -0.05) is 30.0 Å². The number of nitro benzene ring substituents is 1. The van der Waals surface area contributed by atoms with E-state index in [0.717, 1.165) is 16.7 Å². The van der Waals surface area contributed by atoms with E-state index in [9.17, 15) is 24.5 Å². The smallest absolute Gasteiger partial charge is 0.335 e. The Morgan fingerprint density at radius 2 is 2.00 bits per heavy atom. The van der Waals surface area contributed by atoms with Crippen molar-refractivity contribution in [1.29, 1.82) is 0 Å². The Labute approximate surface area is 179 Å². The van der Waals surface area contributed by atoms with Crippen LogP contribution in [0.1, 0.15) is 22.3 Å². The standard InChI is InChI=1S/C19H15N5O6S/c20-19(22-21-10-11-3-1-6-14(7-11)24(29)30)31-15-9-16(25)23(17(15)26)13-5-2-4-12(8-13)18(27)28/h1-8,10,15H,9H2,(H2,20,22)(H,27,28)/b21-10-/t15-/m0/s1. The van der Waals surface area contributed by atoms with E-state index in [0.29, 0.717) is 5.56 Å². The molecule has 3 rings (SSSR count). The summed E-state index contributed by atoms with van der Waals surface area (Å²) in [4.78, 5) is 47.3. The zero-order valence-corrected chi connectivity index (χ0v) is 16.6. The second-order valence-electron chi connectivity index (χ2n) is 6.27. The van der Waals surface area contributed by atoms with Crippen LogP contribution < -0.4 is 10.6 Å². The first-order valence-electron chi connectivity index (χ1n) is 8.74. The van der Waals surface area contributed by atoms with Gasteiger partial charge in [-0.15, -0.1) is 5.10 Å². The molecule has 1 aliphatic heterocycles. The molecule has 2 aromatic carbocycles. The number of carbonyl (C=O) groups excluding carboxylic acids is 2. The van der Waals surface area contributed by atoms with Crippen molar-refractivity contribution in [1.82, 2.24) is 0 Å². The second-order valence-corrected chi connectivity index (χ2v) is 7.49. The first-order valence-corrected chi connectivity index (χ1v) is 9.62. The molecule has 1 atom stereocenters. The molecule has 0 saturated carbocycles. The van der Waals surface area contributed by atoms with Gasteiger partial charge in [0.1, 0.15) is 5.25 Å². The summed E-state index contributed by atoms with van der Waals surface area (Å²) >= 11 is 0.849. The summed E-state index contributed by atoms with van der Waals surface area (Å²) in [6.07, 6.45) is 1.14. The summed E-state index contributed by atoms with van der Waals surface area (Å²) in [5.41, 5.74) is 6.23. The number of rotatable bonds is 6. The number of nitro groups is 1. The van der Waals surface area contributed by atoms with Crippen LogP contribution in [0.2, 0.25) is 0 Å². The highest BCUT2D eigenvalue weighted by atomic mass is 32.2. The predicted octanol–water partition coefficient (Wildman–Crippen LogP) is 2.01. The number of anilines is 1. The topological polar surface area (TPSA) is 169 Å². The number of amides is 2. The average Bonchev–Trinajstić information content (AvgIpc) is 3.01. The van der Waals surface area contributed by atoms with E-state index in [1.165, 1.54) is 48.7 Å². The van der Waals surface area contributed by atoms with Gasteiger partial charge in [-0.05, 0) is 18.2 Å². The minimum atomic E-state index is -1.18. The number of aromatic carboxylic acids is 1. The van der Waals surface area contributed by atoms with E-state index in [4.69, 9.17) is 10.8 Å². The van der Waals surface area contributed by atoms with Crippen LogP contribution in [0.3, 0.4) is 0 Å². The first kappa shape index (κ1) is 21.6. The molecule has 1 aliphatic rings. The molecule has 0 unspecified atom stereocenters. The number of nitrogens with two attached hydrogens (primary N) is 1. The number of nitrogens with zero attached hydrogens (tertiary/aromatic N) is 4. The fourth-order valence-corrected chi connectivity index (χ4v) is 3.60. The fraction of sp³-hybridized carbons (Fsp3) is 0.105. The number of thioether (sulfide) groups is 1. The molecule has 158 valence electrons. The molecule has 2 amide bonds. The Morgan fingerprint density at radius 3 is 2.71 bits per heavy atom. The summed E-state index contributed by atoms with van der Waals surface area (Å²) in [5.74, 6) is -2.21. The number of carboxylic acid groups (broad SMARTS) is 1. The third-order valence-corrected chi connectivity index (χ3v) is 5.14. The molecular weight excluding hydrogens is 426 g/mol. The zero-order valence-electron chi connectivity index (χ0n) is 15.7. The van der Waals surface area contributed by atoms with Crippen molar-refractivity contribution >= 4 is 52.3 Å². The number of amidine groups is 1. The Morgan fingerprint density at radius 1 is 1.26 bits per heavy atom. The maximum atomic E-state index is 12.7. The van der Waals surface area contributed by atoms with Gasteiger partial charge in [-0.25, -0.2) is 9.69 Å². The number of carboxylic acids is 1. The third-order valence-electron chi connectivity index (χ3n) is 4.16. The summed E-state index contributed by atoms with van der Waals surface area (Å²) in [7, 11) is 0. The molecule has 2 aromatic rings. The van der Waals surface area contributed by atoms with Gasteiger partial charge in [0.05, 0.1) is 22.4 Å². The lowest BCUT2D eigenvalue weighted by Crippen LogP contribution is -2.32. The van der Waals surface area contributed by atoms with Crippen LogP contribution in [0.4, 0.5) is 11.4 Å². The van der Waals surface area contributed by atoms with E-state index < -0.39 is 28.0 Å². The molecule has 31 heavy (non-hydrogen) atoms. The summed E-state index contributed by atoms with van der Waals surface area (Å²) in [6, 6.07) is 11.2. The van der Waals surface area contributed by atoms with Crippen LogP contribution in [-0.2, 0) is 9.59 Å². The highest BCUT2D eigenvalue weighted by Crippen LogP contribution is 2.30. The largest absolute Gasteiger partial charge is 0.478 e. The molecule has 0 spiro atoms. The minimum absolute atomic E-state index is 0.0502. The quantitative estimate of drug-likeness (QED) is 0.225. The number of hydrogen-bond acceptors (Lipinski definition) is 8. The Hall–Kier alpha value is -4.06. The molecule has 0 radical (unpaired) electrons. The van der Waals surface area contributed by atoms with Crippen LogP contribution in [0.5, 0.6) is 0 Å². The number of carbonyl (C=O) groups is 3. The maximum Gasteiger partial charge on any atom is 0.335 e. The van der Waals surface area contributed by atoms with Crippen LogP contribution in [0.15, 0.2) is 58.7 Å². The summed E-state index contributed by atoms with van der Waals surface area (Å²) < 4.78 is 0. The normalized spacial score (nSPS) is 16.8. The molecular formula is C19H15N5O6S. The van der Waals surface area contributed by atoms with Crippen molar-refractivity contribution in [2.75, 3.05) is 4.90 Å². The minimum Gasteiger partial charge on any atom is -0.478 e. The first-order chi connectivity index (χ1) is 14.8.